The number of furan rings is 1. The minimum atomic E-state index is -0.293. The van der Waals surface area contributed by atoms with Gasteiger partial charge >= 0.3 is 0 Å². The SMILES string of the molecule is CC(=O)CNC(=O)c1ccoc1. The Hall–Kier alpha value is -1.58. The van der Waals surface area contributed by atoms with Crippen LogP contribution in [-0.4, -0.2) is 18.2 Å². The van der Waals surface area contributed by atoms with Crippen LogP contribution in [0.1, 0.15) is 17.3 Å². The Morgan fingerprint density at radius 2 is 2.33 bits per heavy atom. The predicted octanol–water partition coefficient (Wildman–Crippen LogP) is 0.598. The van der Waals surface area contributed by atoms with Gasteiger partial charge in [-0.1, -0.05) is 0 Å². The maximum atomic E-state index is 11.1. The summed E-state index contributed by atoms with van der Waals surface area (Å²) in [5, 5.41) is 2.44. The molecule has 12 heavy (non-hydrogen) atoms. The van der Waals surface area contributed by atoms with Gasteiger partial charge in [0.1, 0.15) is 12.0 Å². The third-order valence-electron chi connectivity index (χ3n) is 1.28. The average Bonchev–Trinajstić information content (AvgIpc) is 2.51. The molecular formula is C8H9NO3. The monoisotopic (exact) mass is 167 g/mol. The average molecular weight is 167 g/mol. The summed E-state index contributed by atoms with van der Waals surface area (Å²) in [5.41, 5.74) is 0.427. The quantitative estimate of drug-likeness (QED) is 0.717. The largest absolute Gasteiger partial charge is 0.472 e. The summed E-state index contributed by atoms with van der Waals surface area (Å²) < 4.78 is 4.70. The van der Waals surface area contributed by atoms with Gasteiger partial charge in [0.2, 0.25) is 0 Å². The van der Waals surface area contributed by atoms with Crippen molar-refractivity contribution in [2.24, 2.45) is 0 Å². The van der Waals surface area contributed by atoms with Crippen LogP contribution in [0.5, 0.6) is 0 Å². The highest BCUT2D eigenvalue weighted by Gasteiger charge is 2.05. The molecule has 0 spiro atoms. The van der Waals surface area contributed by atoms with Gasteiger partial charge in [0.05, 0.1) is 18.4 Å². The zero-order valence-electron chi connectivity index (χ0n) is 6.66. The summed E-state index contributed by atoms with van der Waals surface area (Å²) in [6.45, 7) is 1.47. The summed E-state index contributed by atoms with van der Waals surface area (Å²) in [5.74, 6) is -0.370. The summed E-state index contributed by atoms with van der Waals surface area (Å²) in [6.07, 6.45) is 2.73. The summed E-state index contributed by atoms with van der Waals surface area (Å²) >= 11 is 0. The van der Waals surface area contributed by atoms with Crippen LogP contribution < -0.4 is 5.32 Å². The van der Waals surface area contributed by atoms with Gasteiger partial charge in [0.25, 0.3) is 5.91 Å². The fourth-order valence-electron chi connectivity index (χ4n) is 0.700. The number of nitrogens with one attached hydrogen (secondary N) is 1. The van der Waals surface area contributed by atoms with Gasteiger partial charge in [0, 0.05) is 0 Å². The van der Waals surface area contributed by atoms with Gasteiger partial charge in [-0.05, 0) is 13.0 Å². The van der Waals surface area contributed by atoms with Crippen molar-refractivity contribution in [2.75, 3.05) is 6.54 Å². The van der Waals surface area contributed by atoms with Crippen LogP contribution in [0.15, 0.2) is 23.0 Å². The first-order valence-electron chi connectivity index (χ1n) is 3.50. The molecule has 1 amide bonds. The summed E-state index contributed by atoms with van der Waals surface area (Å²) in [6, 6.07) is 1.54. The van der Waals surface area contributed by atoms with Crippen molar-refractivity contribution in [3.63, 3.8) is 0 Å². The van der Waals surface area contributed by atoms with E-state index in [0.717, 1.165) is 0 Å². The molecule has 0 aliphatic carbocycles. The topological polar surface area (TPSA) is 59.3 Å². The lowest BCUT2D eigenvalue weighted by Crippen LogP contribution is -2.27. The molecule has 1 heterocycles. The first-order valence-corrected chi connectivity index (χ1v) is 3.50. The number of carbonyl (C=O) groups excluding carboxylic acids is 2. The first kappa shape index (κ1) is 8.52. The highest BCUT2D eigenvalue weighted by molar-refractivity contribution is 5.96. The maximum Gasteiger partial charge on any atom is 0.254 e. The van der Waals surface area contributed by atoms with E-state index in [1.54, 1.807) is 0 Å². The van der Waals surface area contributed by atoms with Crippen LogP contribution in [0.3, 0.4) is 0 Å². The van der Waals surface area contributed by atoms with Crippen molar-refractivity contribution in [1.82, 2.24) is 5.32 Å². The summed E-state index contributed by atoms with van der Waals surface area (Å²) in [4.78, 5) is 21.6. The Bertz CT molecular complexity index is 277. The number of amides is 1. The van der Waals surface area contributed by atoms with Crippen molar-refractivity contribution >= 4 is 11.7 Å². The molecule has 0 aromatic carbocycles. The number of rotatable bonds is 3. The molecule has 0 fully saturated rings. The van der Waals surface area contributed by atoms with Crippen molar-refractivity contribution in [3.05, 3.63) is 24.2 Å². The van der Waals surface area contributed by atoms with Crippen molar-refractivity contribution in [2.45, 2.75) is 6.92 Å². The normalized spacial score (nSPS) is 9.42. The predicted molar refractivity (Wildman–Crippen MR) is 41.7 cm³/mol. The second-order valence-electron chi connectivity index (χ2n) is 2.40. The molecule has 64 valence electrons. The molecule has 4 nitrogen and oxygen atoms in total. The number of carbonyl (C=O) groups is 2. The lowest BCUT2D eigenvalue weighted by atomic mass is 10.3. The Labute approximate surface area is 69.6 Å². The number of ketones is 1. The molecule has 1 N–H and O–H groups in total. The molecule has 0 unspecified atom stereocenters. The van der Waals surface area contributed by atoms with Crippen molar-refractivity contribution in [1.29, 1.82) is 0 Å². The Morgan fingerprint density at radius 1 is 1.58 bits per heavy atom. The van der Waals surface area contributed by atoms with E-state index in [4.69, 9.17) is 4.42 Å². The van der Waals surface area contributed by atoms with Crippen LogP contribution in [0.25, 0.3) is 0 Å². The zero-order chi connectivity index (χ0) is 8.97. The van der Waals surface area contributed by atoms with Crippen LogP contribution in [0.4, 0.5) is 0 Å². The van der Waals surface area contributed by atoms with E-state index in [1.165, 1.54) is 25.5 Å². The molecule has 0 aliphatic heterocycles. The van der Waals surface area contributed by atoms with E-state index in [9.17, 15) is 9.59 Å². The molecule has 0 radical (unpaired) electrons. The van der Waals surface area contributed by atoms with Gasteiger partial charge in [0.15, 0.2) is 0 Å². The van der Waals surface area contributed by atoms with E-state index in [2.05, 4.69) is 5.32 Å². The van der Waals surface area contributed by atoms with E-state index < -0.39 is 0 Å². The second-order valence-corrected chi connectivity index (χ2v) is 2.40. The third kappa shape index (κ3) is 2.23. The molecule has 0 saturated carbocycles. The number of Topliss-reactive ketones (excluding diaryl/α,β-unsaturated/α-hetero) is 1. The highest BCUT2D eigenvalue weighted by Crippen LogP contribution is 1.98. The lowest BCUT2D eigenvalue weighted by molar-refractivity contribution is -0.116. The molecule has 1 rings (SSSR count). The second kappa shape index (κ2) is 3.71. The molecule has 0 saturated heterocycles. The van der Waals surface area contributed by atoms with E-state index in [0.29, 0.717) is 5.56 Å². The molecular weight excluding hydrogens is 158 g/mol. The molecule has 4 heteroatoms. The van der Waals surface area contributed by atoms with Crippen LogP contribution in [-0.2, 0) is 4.79 Å². The van der Waals surface area contributed by atoms with Crippen LogP contribution >= 0.6 is 0 Å². The Balaban J connectivity index is 2.45. The minimum Gasteiger partial charge on any atom is -0.472 e. The third-order valence-corrected chi connectivity index (χ3v) is 1.28. The first-order chi connectivity index (χ1) is 5.70. The van der Waals surface area contributed by atoms with Crippen molar-refractivity contribution < 1.29 is 14.0 Å². The molecule has 1 aromatic heterocycles. The van der Waals surface area contributed by atoms with Gasteiger partial charge in [-0.15, -0.1) is 0 Å². The zero-order valence-corrected chi connectivity index (χ0v) is 6.66. The minimum absolute atomic E-state index is 0.0595. The molecule has 0 bridgehead atoms. The van der Waals surface area contributed by atoms with E-state index >= 15 is 0 Å². The molecule has 1 aromatic rings. The van der Waals surface area contributed by atoms with Gasteiger partial charge in [-0.3, -0.25) is 9.59 Å². The van der Waals surface area contributed by atoms with Crippen molar-refractivity contribution in [3.8, 4) is 0 Å². The Morgan fingerprint density at radius 3 is 2.83 bits per heavy atom. The smallest absolute Gasteiger partial charge is 0.254 e. The van der Waals surface area contributed by atoms with Crippen LogP contribution in [0.2, 0.25) is 0 Å². The Kier molecular flexibility index (Phi) is 2.63. The summed E-state index contributed by atoms with van der Waals surface area (Å²) in [7, 11) is 0. The highest BCUT2D eigenvalue weighted by atomic mass is 16.3. The number of hydrogen-bond donors (Lipinski definition) is 1. The molecule has 0 atom stereocenters. The van der Waals surface area contributed by atoms with E-state index in [-0.39, 0.29) is 18.2 Å². The maximum absolute atomic E-state index is 11.1. The van der Waals surface area contributed by atoms with Gasteiger partial charge in [-0.2, -0.15) is 0 Å². The molecule has 0 aliphatic rings. The van der Waals surface area contributed by atoms with E-state index in [1.807, 2.05) is 0 Å². The van der Waals surface area contributed by atoms with Crippen LogP contribution in [0, 0.1) is 0 Å². The van der Waals surface area contributed by atoms with Gasteiger partial charge < -0.3 is 9.73 Å². The fourth-order valence-corrected chi connectivity index (χ4v) is 0.700. The lowest BCUT2D eigenvalue weighted by Gasteiger charge is -1.97. The fraction of sp³-hybridized carbons (Fsp3) is 0.250. The standard InChI is InChI=1S/C8H9NO3/c1-6(10)4-9-8(11)7-2-3-12-5-7/h2-3,5H,4H2,1H3,(H,9,11). The number of hydrogen-bond acceptors (Lipinski definition) is 3. The van der Waals surface area contributed by atoms with Gasteiger partial charge in [-0.25, -0.2) is 0 Å².